The van der Waals surface area contributed by atoms with Crippen molar-refractivity contribution in [1.82, 2.24) is 14.7 Å². The molecule has 1 aliphatic heterocycles. The van der Waals surface area contributed by atoms with Crippen molar-refractivity contribution in [2.75, 3.05) is 18.8 Å². The first-order valence-electron chi connectivity index (χ1n) is 6.65. The van der Waals surface area contributed by atoms with Gasteiger partial charge in [0.05, 0.1) is 5.69 Å². The third-order valence-corrected chi connectivity index (χ3v) is 3.94. The fourth-order valence-electron chi connectivity index (χ4n) is 2.36. The molecule has 1 saturated heterocycles. The Morgan fingerprint density at radius 2 is 2.22 bits per heavy atom. The van der Waals surface area contributed by atoms with Crippen LogP contribution in [-0.4, -0.2) is 33.7 Å². The third kappa shape index (κ3) is 2.35. The molecule has 18 heavy (non-hydrogen) atoms. The van der Waals surface area contributed by atoms with E-state index in [0.29, 0.717) is 23.2 Å². The number of carbonyl (C=O) groups excluding carboxylic acids is 1. The topological polar surface area (TPSA) is 64.2 Å². The summed E-state index contributed by atoms with van der Waals surface area (Å²) < 4.78 is 1.71. The van der Waals surface area contributed by atoms with Gasteiger partial charge in [-0.25, -0.2) is 0 Å². The van der Waals surface area contributed by atoms with Crippen LogP contribution in [0.25, 0.3) is 0 Å². The van der Waals surface area contributed by atoms with Crippen molar-refractivity contribution >= 4 is 11.6 Å². The Hall–Kier alpha value is -1.52. The van der Waals surface area contributed by atoms with Gasteiger partial charge in [-0.05, 0) is 25.2 Å². The van der Waals surface area contributed by atoms with Gasteiger partial charge in [-0.2, -0.15) is 5.10 Å². The second-order valence-corrected chi connectivity index (χ2v) is 5.28. The second-order valence-electron chi connectivity index (χ2n) is 5.28. The van der Waals surface area contributed by atoms with Crippen molar-refractivity contribution in [3.05, 3.63) is 11.9 Å². The maximum atomic E-state index is 12.4. The van der Waals surface area contributed by atoms with Gasteiger partial charge in [-0.1, -0.05) is 13.8 Å². The molecule has 1 aromatic rings. The second kappa shape index (κ2) is 5.00. The number of nitrogen functional groups attached to an aromatic ring is 1. The Kier molecular flexibility index (Phi) is 3.59. The minimum Gasteiger partial charge on any atom is -0.396 e. The summed E-state index contributed by atoms with van der Waals surface area (Å²) in [7, 11) is 0. The van der Waals surface area contributed by atoms with Gasteiger partial charge in [0.15, 0.2) is 5.69 Å². The molecule has 2 unspecified atom stereocenters. The predicted molar refractivity (Wildman–Crippen MR) is 71.2 cm³/mol. The Bertz CT molecular complexity index is 440. The summed E-state index contributed by atoms with van der Waals surface area (Å²) in [6, 6.07) is 0. The lowest BCUT2D eigenvalue weighted by atomic mass is 9.88. The van der Waals surface area contributed by atoms with E-state index in [2.05, 4.69) is 18.9 Å². The highest BCUT2D eigenvalue weighted by Gasteiger charge is 2.28. The molecule has 0 aliphatic carbocycles. The summed E-state index contributed by atoms with van der Waals surface area (Å²) in [5.41, 5.74) is 6.74. The van der Waals surface area contributed by atoms with Crippen molar-refractivity contribution in [1.29, 1.82) is 0 Å². The summed E-state index contributed by atoms with van der Waals surface area (Å²) in [6.45, 7) is 8.75. The van der Waals surface area contributed by atoms with Crippen molar-refractivity contribution in [3.63, 3.8) is 0 Å². The van der Waals surface area contributed by atoms with Crippen LogP contribution in [0.4, 0.5) is 5.69 Å². The van der Waals surface area contributed by atoms with Gasteiger partial charge in [0.2, 0.25) is 0 Å². The molecule has 0 aromatic carbocycles. The van der Waals surface area contributed by atoms with Crippen molar-refractivity contribution in [2.45, 2.75) is 33.7 Å². The molecule has 100 valence electrons. The molecule has 2 N–H and O–H groups in total. The molecule has 0 radical (unpaired) electrons. The number of likely N-dealkylation sites (tertiary alicyclic amines) is 1. The van der Waals surface area contributed by atoms with Gasteiger partial charge in [-0.3, -0.25) is 9.48 Å². The van der Waals surface area contributed by atoms with Crippen LogP contribution in [0.2, 0.25) is 0 Å². The molecule has 0 saturated carbocycles. The smallest absolute Gasteiger partial charge is 0.276 e. The maximum Gasteiger partial charge on any atom is 0.276 e. The zero-order chi connectivity index (χ0) is 13.3. The number of nitrogens with two attached hydrogens (primary N) is 1. The summed E-state index contributed by atoms with van der Waals surface area (Å²) in [5, 5.41) is 4.25. The van der Waals surface area contributed by atoms with Gasteiger partial charge in [0.1, 0.15) is 0 Å². The Morgan fingerprint density at radius 3 is 2.78 bits per heavy atom. The SMILES string of the molecule is CCn1cc(N)c(C(=O)N2CCC(C)C(C)C2)n1. The molecule has 5 heteroatoms. The van der Waals surface area contributed by atoms with E-state index in [1.54, 1.807) is 10.9 Å². The first-order valence-corrected chi connectivity index (χ1v) is 6.65. The summed E-state index contributed by atoms with van der Waals surface area (Å²) in [4.78, 5) is 14.3. The average molecular weight is 250 g/mol. The van der Waals surface area contributed by atoms with Crippen molar-refractivity contribution in [3.8, 4) is 0 Å². The first-order chi connectivity index (χ1) is 8.52. The summed E-state index contributed by atoms with van der Waals surface area (Å²) in [6.07, 6.45) is 2.78. The van der Waals surface area contributed by atoms with E-state index in [1.165, 1.54) is 0 Å². The number of piperidine rings is 1. The highest BCUT2D eigenvalue weighted by Crippen LogP contribution is 2.24. The fraction of sp³-hybridized carbons (Fsp3) is 0.692. The van der Waals surface area contributed by atoms with Crippen LogP contribution in [0.5, 0.6) is 0 Å². The minimum absolute atomic E-state index is 0.0292. The molecule has 1 aromatic heterocycles. The largest absolute Gasteiger partial charge is 0.396 e. The van der Waals surface area contributed by atoms with Crippen LogP contribution in [0.1, 0.15) is 37.7 Å². The van der Waals surface area contributed by atoms with Crippen LogP contribution >= 0.6 is 0 Å². The van der Waals surface area contributed by atoms with E-state index in [0.717, 1.165) is 26.1 Å². The lowest BCUT2D eigenvalue weighted by molar-refractivity contribution is 0.0621. The van der Waals surface area contributed by atoms with Crippen LogP contribution in [0, 0.1) is 11.8 Å². The number of aromatic nitrogens is 2. The van der Waals surface area contributed by atoms with E-state index in [4.69, 9.17) is 5.73 Å². The van der Waals surface area contributed by atoms with Crippen LogP contribution in [0.15, 0.2) is 6.20 Å². The van der Waals surface area contributed by atoms with Crippen molar-refractivity contribution in [2.24, 2.45) is 11.8 Å². The Morgan fingerprint density at radius 1 is 1.50 bits per heavy atom. The minimum atomic E-state index is -0.0292. The van der Waals surface area contributed by atoms with E-state index in [-0.39, 0.29) is 5.91 Å². The lowest BCUT2D eigenvalue weighted by Crippen LogP contribution is -2.42. The molecule has 5 nitrogen and oxygen atoms in total. The lowest BCUT2D eigenvalue weighted by Gasteiger charge is -2.34. The van der Waals surface area contributed by atoms with Gasteiger partial charge >= 0.3 is 0 Å². The Balaban J connectivity index is 2.13. The Labute approximate surface area is 108 Å². The molecule has 0 spiro atoms. The average Bonchev–Trinajstić information content (AvgIpc) is 2.73. The third-order valence-electron chi connectivity index (χ3n) is 3.94. The molecule has 2 atom stereocenters. The first kappa shape index (κ1) is 12.9. The molecule has 1 amide bonds. The van der Waals surface area contributed by atoms with Crippen LogP contribution in [-0.2, 0) is 6.54 Å². The maximum absolute atomic E-state index is 12.4. The van der Waals surface area contributed by atoms with Gasteiger partial charge in [-0.15, -0.1) is 0 Å². The molecule has 2 heterocycles. The molecule has 1 fully saturated rings. The van der Waals surface area contributed by atoms with E-state index in [9.17, 15) is 4.79 Å². The van der Waals surface area contributed by atoms with E-state index in [1.807, 2.05) is 11.8 Å². The molecular formula is C13H22N4O. The van der Waals surface area contributed by atoms with Crippen LogP contribution in [0.3, 0.4) is 0 Å². The highest BCUT2D eigenvalue weighted by atomic mass is 16.2. The standard InChI is InChI=1S/C13H22N4O/c1-4-17-8-11(14)12(15-17)13(18)16-6-5-9(2)10(3)7-16/h8-10H,4-7,14H2,1-3H3. The fourth-order valence-corrected chi connectivity index (χ4v) is 2.36. The zero-order valence-corrected chi connectivity index (χ0v) is 11.4. The molecule has 0 bridgehead atoms. The molecular weight excluding hydrogens is 228 g/mol. The van der Waals surface area contributed by atoms with E-state index >= 15 is 0 Å². The number of rotatable bonds is 2. The van der Waals surface area contributed by atoms with Gasteiger partial charge < -0.3 is 10.6 Å². The van der Waals surface area contributed by atoms with Gasteiger partial charge in [0, 0.05) is 25.8 Å². The van der Waals surface area contributed by atoms with Crippen molar-refractivity contribution < 1.29 is 4.79 Å². The number of hydrogen-bond acceptors (Lipinski definition) is 3. The monoisotopic (exact) mass is 250 g/mol. The molecule has 1 aliphatic rings. The summed E-state index contributed by atoms with van der Waals surface area (Å²) in [5.74, 6) is 1.19. The van der Waals surface area contributed by atoms with E-state index < -0.39 is 0 Å². The number of anilines is 1. The summed E-state index contributed by atoms with van der Waals surface area (Å²) >= 11 is 0. The van der Waals surface area contributed by atoms with Crippen LogP contribution < -0.4 is 5.73 Å². The normalized spacial score (nSPS) is 24.3. The number of carbonyl (C=O) groups is 1. The number of nitrogens with zero attached hydrogens (tertiary/aromatic N) is 3. The zero-order valence-electron chi connectivity index (χ0n) is 11.4. The predicted octanol–water partition coefficient (Wildman–Crippen LogP) is 1.60. The highest BCUT2D eigenvalue weighted by molar-refractivity contribution is 5.97. The number of hydrogen-bond donors (Lipinski definition) is 1. The molecule has 2 rings (SSSR count). The van der Waals surface area contributed by atoms with Gasteiger partial charge in [0.25, 0.3) is 5.91 Å². The quantitative estimate of drug-likeness (QED) is 0.867. The number of amides is 1. The number of aryl methyl sites for hydroxylation is 1.